The molecule has 2 saturated heterocycles. The molecule has 8 heteroatoms. The summed E-state index contributed by atoms with van der Waals surface area (Å²) in [6.45, 7) is 1.63. The molecule has 21 heavy (non-hydrogen) atoms. The van der Waals surface area contributed by atoms with Gasteiger partial charge < -0.3 is 14.4 Å². The second-order valence-electron chi connectivity index (χ2n) is 5.20. The molecule has 0 unspecified atom stereocenters. The maximum Gasteiger partial charge on any atom is 0.316 e. The third kappa shape index (κ3) is 2.56. The van der Waals surface area contributed by atoms with Crippen LogP contribution in [-0.4, -0.2) is 44.4 Å². The van der Waals surface area contributed by atoms with Crippen LogP contribution in [0, 0.1) is 17.2 Å². The Kier molecular flexibility index (Phi) is 4.60. The molecule has 0 aliphatic carbocycles. The van der Waals surface area contributed by atoms with Gasteiger partial charge in [-0.3, -0.25) is 4.79 Å². The van der Waals surface area contributed by atoms with Crippen LogP contribution in [0.4, 0.5) is 10.2 Å². The van der Waals surface area contributed by atoms with Gasteiger partial charge in [-0.1, -0.05) is 11.6 Å². The average Bonchev–Trinajstić information content (AvgIpc) is 2.95. The van der Waals surface area contributed by atoms with E-state index in [0.717, 1.165) is 0 Å². The van der Waals surface area contributed by atoms with Crippen LogP contribution in [-0.2, 0) is 14.3 Å². The highest BCUT2D eigenvalue weighted by Gasteiger charge is 2.57. The van der Waals surface area contributed by atoms with Crippen molar-refractivity contribution in [3.8, 4) is 0 Å². The highest BCUT2D eigenvalue weighted by molar-refractivity contribution is 6.30. The second kappa shape index (κ2) is 5.94. The van der Waals surface area contributed by atoms with E-state index in [9.17, 15) is 9.18 Å². The largest absolute Gasteiger partial charge is 0.468 e. The first-order valence-corrected chi connectivity index (χ1v) is 6.67. The van der Waals surface area contributed by atoms with Gasteiger partial charge in [-0.25, -0.2) is 9.37 Å². The van der Waals surface area contributed by atoms with E-state index in [0.29, 0.717) is 26.3 Å². The standard InChI is InChI=1S/C13H14ClFN2O3.ClH/c1-19-12(18)13-6-17(4-8(13)5-20-7-13)11-10(15)2-9(14)3-16-11;/h2-3,8H,4-7H2,1H3;1H/t8-,13-;/m0./s1. The zero-order chi connectivity index (χ0) is 14.3. The maximum atomic E-state index is 14.0. The van der Waals surface area contributed by atoms with Crippen molar-refractivity contribution in [3.05, 3.63) is 23.1 Å². The Bertz CT molecular complexity index is 560. The van der Waals surface area contributed by atoms with Gasteiger partial charge in [0.2, 0.25) is 0 Å². The summed E-state index contributed by atoms with van der Waals surface area (Å²) in [6.07, 6.45) is 1.40. The number of ether oxygens (including phenoxy) is 2. The van der Waals surface area contributed by atoms with E-state index in [1.54, 1.807) is 4.90 Å². The van der Waals surface area contributed by atoms with Gasteiger partial charge in [-0.2, -0.15) is 0 Å². The first-order chi connectivity index (χ1) is 9.56. The van der Waals surface area contributed by atoms with Crippen molar-refractivity contribution in [1.82, 2.24) is 4.98 Å². The van der Waals surface area contributed by atoms with Crippen LogP contribution < -0.4 is 4.90 Å². The number of anilines is 1. The number of aromatic nitrogens is 1. The van der Waals surface area contributed by atoms with Gasteiger partial charge in [-0.05, 0) is 6.07 Å². The van der Waals surface area contributed by atoms with Crippen molar-refractivity contribution >= 4 is 35.8 Å². The third-order valence-corrected chi connectivity index (χ3v) is 4.26. The van der Waals surface area contributed by atoms with Crippen molar-refractivity contribution in [2.24, 2.45) is 11.3 Å². The summed E-state index contributed by atoms with van der Waals surface area (Å²) in [4.78, 5) is 17.9. The number of fused-ring (bicyclic) bond motifs is 1. The molecule has 0 aromatic carbocycles. The van der Waals surface area contributed by atoms with Crippen LogP contribution >= 0.6 is 24.0 Å². The van der Waals surface area contributed by atoms with Crippen LogP contribution in [0.25, 0.3) is 0 Å². The molecule has 1 aromatic heterocycles. The van der Waals surface area contributed by atoms with Gasteiger partial charge in [0.15, 0.2) is 11.6 Å². The van der Waals surface area contributed by atoms with Gasteiger partial charge in [-0.15, -0.1) is 12.4 Å². The molecule has 0 amide bonds. The fourth-order valence-electron chi connectivity index (χ4n) is 3.03. The van der Waals surface area contributed by atoms with E-state index in [1.165, 1.54) is 19.4 Å². The molecule has 2 aliphatic rings. The number of nitrogens with zero attached hydrogens (tertiary/aromatic N) is 2. The van der Waals surface area contributed by atoms with E-state index in [2.05, 4.69) is 4.98 Å². The molecule has 2 fully saturated rings. The summed E-state index contributed by atoms with van der Waals surface area (Å²) in [5.74, 6) is -0.589. The SMILES string of the molecule is COC(=O)[C@@]12COC[C@@H]1CN(c1ncc(Cl)cc1F)C2.Cl. The van der Waals surface area contributed by atoms with Crippen molar-refractivity contribution in [1.29, 1.82) is 0 Å². The maximum absolute atomic E-state index is 14.0. The number of rotatable bonds is 2. The predicted molar refractivity (Wildman–Crippen MR) is 77.4 cm³/mol. The Labute approximate surface area is 132 Å². The molecule has 0 spiro atoms. The quantitative estimate of drug-likeness (QED) is 0.772. The highest BCUT2D eigenvalue weighted by Crippen LogP contribution is 2.43. The van der Waals surface area contributed by atoms with Crippen molar-refractivity contribution in [2.75, 3.05) is 38.3 Å². The molecule has 3 rings (SSSR count). The van der Waals surface area contributed by atoms with Crippen molar-refractivity contribution in [2.45, 2.75) is 0 Å². The first kappa shape index (κ1) is 16.3. The monoisotopic (exact) mass is 336 g/mol. The summed E-state index contributed by atoms with van der Waals surface area (Å²) in [6, 6.07) is 1.22. The van der Waals surface area contributed by atoms with Gasteiger partial charge in [0.05, 0.1) is 25.3 Å². The minimum absolute atomic E-state index is 0. The van der Waals surface area contributed by atoms with E-state index < -0.39 is 11.2 Å². The van der Waals surface area contributed by atoms with Gasteiger partial charge in [0, 0.05) is 25.2 Å². The molecule has 3 heterocycles. The van der Waals surface area contributed by atoms with Crippen molar-refractivity contribution < 1.29 is 18.7 Å². The summed E-state index contributed by atoms with van der Waals surface area (Å²) in [7, 11) is 1.36. The Morgan fingerprint density at radius 3 is 3.10 bits per heavy atom. The van der Waals surface area contributed by atoms with Gasteiger partial charge in [0.1, 0.15) is 5.41 Å². The lowest BCUT2D eigenvalue weighted by Gasteiger charge is -2.24. The van der Waals surface area contributed by atoms with Crippen LogP contribution in [0.2, 0.25) is 5.02 Å². The van der Waals surface area contributed by atoms with Gasteiger partial charge >= 0.3 is 5.97 Å². The number of pyridine rings is 1. The molecule has 1 aromatic rings. The first-order valence-electron chi connectivity index (χ1n) is 6.29. The molecule has 2 aliphatic heterocycles. The summed E-state index contributed by atoms with van der Waals surface area (Å²) >= 11 is 5.70. The summed E-state index contributed by atoms with van der Waals surface area (Å²) in [5.41, 5.74) is -0.720. The number of carbonyl (C=O) groups excluding carboxylic acids is 1. The van der Waals surface area contributed by atoms with Crippen LogP contribution in [0.15, 0.2) is 12.3 Å². The van der Waals surface area contributed by atoms with Crippen LogP contribution in [0.5, 0.6) is 0 Å². The van der Waals surface area contributed by atoms with E-state index in [4.69, 9.17) is 21.1 Å². The third-order valence-electron chi connectivity index (χ3n) is 4.05. The smallest absolute Gasteiger partial charge is 0.316 e. The zero-order valence-corrected chi connectivity index (χ0v) is 12.9. The average molecular weight is 337 g/mol. The number of hydrogen-bond acceptors (Lipinski definition) is 5. The minimum atomic E-state index is -0.720. The van der Waals surface area contributed by atoms with E-state index in [-0.39, 0.29) is 35.1 Å². The second-order valence-corrected chi connectivity index (χ2v) is 5.64. The Morgan fingerprint density at radius 2 is 2.43 bits per heavy atom. The molecule has 0 radical (unpaired) electrons. The number of esters is 1. The summed E-state index contributed by atoms with van der Waals surface area (Å²) in [5, 5.41) is 0.247. The Morgan fingerprint density at radius 1 is 1.67 bits per heavy atom. The number of methoxy groups -OCH3 is 1. The predicted octanol–water partition coefficient (Wildman–Crippen LogP) is 1.92. The minimum Gasteiger partial charge on any atom is -0.468 e. The zero-order valence-electron chi connectivity index (χ0n) is 11.3. The fourth-order valence-corrected chi connectivity index (χ4v) is 3.17. The lowest BCUT2D eigenvalue weighted by Crippen LogP contribution is -2.40. The number of halogens is 3. The van der Waals surface area contributed by atoms with Crippen LogP contribution in [0.1, 0.15) is 0 Å². The Balaban J connectivity index is 0.00000161. The molecular formula is C13H15Cl2FN2O3. The number of carbonyl (C=O) groups is 1. The van der Waals surface area contributed by atoms with E-state index >= 15 is 0 Å². The topological polar surface area (TPSA) is 51.7 Å². The van der Waals surface area contributed by atoms with Crippen LogP contribution in [0.3, 0.4) is 0 Å². The molecule has 0 saturated carbocycles. The van der Waals surface area contributed by atoms with E-state index in [1.807, 2.05) is 0 Å². The van der Waals surface area contributed by atoms with Crippen molar-refractivity contribution in [3.63, 3.8) is 0 Å². The number of hydrogen-bond donors (Lipinski definition) is 0. The molecular weight excluding hydrogens is 322 g/mol. The molecule has 116 valence electrons. The highest BCUT2D eigenvalue weighted by atomic mass is 35.5. The normalized spacial score (nSPS) is 27.2. The molecule has 0 bridgehead atoms. The molecule has 2 atom stereocenters. The Hall–Kier alpha value is -1.11. The van der Waals surface area contributed by atoms with Gasteiger partial charge in [0.25, 0.3) is 0 Å². The molecule has 0 N–H and O–H groups in total. The molecule has 5 nitrogen and oxygen atoms in total. The lowest BCUT2D eigenvalue weighted by molar-refractivity contribution is -0.152. The summed E-state index contributed by atoms with van der Waals surface area (Å²) < 4.78 is 24.3. The lowest BCUT2D eigenvalue weighted by atomic mass is 9.81. The fraction of sp³-hybridized carbons (Fsp3) is 0.538.